The highest BCUT2D eigenvalue weighted by Gasteiger charge is 2.18. The van der Waals surface area contributed by atoms with E-state index in [9.17, 15) is 14.0 Å². The number of aromatic nitrogens is 2. The number of benzene rings is 2. The molecule has 1 atom stereocenters. The van der Waals surface area contributed by atoms with Crippen molar-refractivity contribution in [2.75, 3.05) is 13.1 Å². The minimum Gasteiger partial charge on any atom is -0.481 e. The number of halogens is 2. The predicted octanol–water partition coefficient (Wildman–Crippen LogP) is 2.95. The number of hydrogen-bond acceptors (Lipinski definition) is 6. The molecule has 2 amide bonds. The van der Waals surface area contributed by atoms with Crippen molar-refractivity contribution in [3.05, 3.63) is 64.7 Å². The first kappa shape index (κ1) is 21.4. The normalized spacial score (nSPS) is 11.6. The third kappa shape index (κ3) is 5.63. The lowest BCUT2D eigenvalue weighted by atomic mass is 10.2. The third-order valence-corrected chi connectivity index (χ3v) is 4.42. The summed E-state index contributed by atoms with van der Waals surface area (Å²) in [6.45, 7) is 1.92. The van der Waals surface area contributed by atoms with Crippen LogP contribution in [-0.2, 0) is 4.79 Å². The highest BCUT2D eigenvalue weighted by Crippen LogP contribution is 2.19. The van der Waals surface area contributed by atoms with E-state index < -0.39 is 17.8 Å². The summed E-state index contributed by atoms with van der Waals surface area (Å²) < 4.78 is 25.0. The fourth-order valence-corrected chi connectivity index (χ4v) is 2.82. The van der Waals surface area contributed by atoms with Gasteiger partial charge in [0.05, 0.1) is 5.56 Å². The van der Waals surface area contributed by atoms with E-state index in [0.29, 0.717) is 5.75 Å². The van der Waals surface area contributed by atoms with Crippen LogP contribution in [0.15, 0.2) is 57.5 Å². The fourth-order valence-electron chi connectivity index (χ4n) is 2.45. The van der Waals surface area contributed by atoms with Crippen LogP contribution in [0, 0.1) is 5.82 Å². The summed E-state index contributed by atoms with van der Waals surface area (Å²) in [6, 6.07) is 13.0. The van der Waals surface area contributed by atoms with Gasteiger partial charge in [-0.05, 0) is 37.3 Å². The maximum absolute atomic E-state index is 13.8. The SMILES string of the molecule is C[C@H](Oc1cccc(Br)c1)C(=O)NCCNC(=O)c1nc(-c2ccccc2F)no1. The van der Waals surface area contributed by atoms with E-state index in [2.05, 4.69) is 36.7 Å². The van der Waals surface area contributed by atoms with Crippen LogP contribution in [0.3, 0.4) is 0 Å². The van der Waals surface area contributed by atoms with Gasteiger partial charge in [0.25, 0.3) is 5.91 Å². The maximum atomic E-state index is 13.8. The zero-order chi connectivity index (χ0) is 21.5. The average molecular weight is 477 g/mol. The Bertz CT molecular complexity index is 1040. The van der Waals surface area contributed by atoms with Gasteiger partial charge in [-0.15, -0.1) is 0 Å². The number of carbonyl (C=O) groups excluding carboxylic acids is 2. The fraction of sp³-hybridized carbons (Fsp3) is 0.200. The van der Waals surface area contributed by atoms with Crippen molar-refractivity contribution >= 4 is 27.7 Å². The van der Waals surface area contributed by atoms with Gasteiger partial charge < -0.3 is 19.9 Å². The third-order valence-electron chi connectivity index (χ3n) is 3.92. The van der Waals surface area contributed by atoms with E-state index in [1.54, 1.807) is 31.2 Å². The molecular formula is C20H18BrFN4O4. The molecule has 2 aromatic carbocycles. The second kappa shape index (κ2) is 9.97. The van der Waals surface area contributed by atoms with Crippen molar-refractivity contribution < 1.29 is 23.2 Å². The number of amides is 2. The molecule has 0 saturated heterocycles. The molecule has 2 N–H and O–H groups in total. The molecule has 10 heteroatoms. The van der Waals surface area contributed by atoms with Crippen LogP contribution in [0.2, 0.25) is 0 Å². The van der Waals surface area contributed by atoms with Gasteiger partial charge in [-0.2, -0.15) is 4.98 Å². The zero-order valence-corrected chi connectivity index (χ0v) is 17.5. The molecule has 0 saturated carbocycles. The van der Waals surface area contributed by atoms with Crippen molar-refractivity contribution in [1.82, 2.24) is 20.8 Å². The largest absolute Gasteiger partial charge is 0.481 e. The maximum Gasteiger partial charge on any atom is 0.316 e. The Hall–Kier alpha value is -3.27. The Labute approximate surface area is 179 Å². The number of rotatable bonds is 8. The summed E-state index contributed by atoms with van der Waals surface area (Å²) in [4.78, 5) is 28.1. The molecule has 0 fully saturated rings. The van der Waals surface area contributed by atoms with Gasteiger partial charge in [0, 0.05) is 17.6 Å². The first-order valence-corrected chi connectivity index (χ1v) is 9.80. The van der Waals surface area contributed by atoms with Gasteiger partial charge in [0.15, 0.2) is 6.10 Å². The minimum absolute atomic E-state index is 0.0231. The van der Waals surface area contributed by atoms with Crippen molar-refractivity contribution in [2.45, 2.75) is 13.0 Å². The van der Waals surface area contributed by atoms with Crippen LogP contribution < -0.4 is 15.4 Å². The highest BCUT2D eigenvalue weighted by atomic mass is 79.9. The molecule has 0 unspecified atom stereocenters. The molecule has 0 aliphatic heterocycles. The molecule has 30 heavy (non-hydrogen) atoms. The summed E-state index contributed by atoms with van der Waals surface area (Å²) in [5.41, 5.74) is 0.131. The van der Waals surface area contributed by atoms with Gasteiger partial charge in [-0.3, -0.25) is 9.59 Å². The molecule has 0 aliphatic carbocycles. The average Bonchev–Trinajstić information content (AvgIpc) is 3.21. The Balaban J connectivity index is 1.43. The molecule has 8 nitrogen and oxygen atoms in total. The Morgan fingerprint density at radius 2 is 1.93 bits per heavy atom. The van der Waals surface area contributed by atoms with Crippen LogP contribution in [0.4, 0.5) is 4.39 Å². The summed E-state index contributed by atoms with van der Waals surface area (Å²) in [5, 5.41) is 8.81. The van der Waals surface area contributed by atoms with E-state index >= 15 is 0 Å². The Morgan fingerprint density at radius 1 is 1.17 bits per heavy atom. The zero-order valence-electron chi connectivity index (χ0n) is 15.9. The van der Waals surface area contributed by atoms with E-state index in [1.165, 1.54) is 18.2 Å². The molecule has 3 rings (SSSR count). The molecule has 0 aliphatic rings. The molecule has 0 radical (unpaired) electrons. The first-order valence-electron chi connectivity index (χ1n) is 9.01. The minimum atomic E-state index is -0.714. The summed E-state index contributed by atoms with van der Waals surface area (Å²) in [7, 11) is 0. The Morgan fingerprint density at radius 3 is 2.70 bits per heavy atom. The molecule has 0 spiro atoms. The molecule has 1 heterocycles. The highest BCUT2D eigenvalue weighted by molar-refractivity contribution is 9.10. The monoisotopic (exact) mass is 476 g/mol. The lowest BCUT2D eigenvalue weighted by molar-refractivity contribution is -0.127. The molecule has 0 bridgehead atoms. The first-order chi connectivity index (χ1) is 14.4. The topological polar surface area (TPSA) is 106 Å². The lowest BCUT2D eigenvalue weighted by Crippen LogP contribution is -2.40. The standard InChI is InChI=1S/C20H18BrFN4O4/c1-12(29-14-6-4-5-13(21)11-14)18(27)23-9-10-24-19(28)20-25-17(26-30-20)15-7-2-3-8-16(15)22/h2-8,11-12H,9-10H2,1H3,(H,23,27)(H,24,28)/t12-/m0/s1. The van der Waals surface area contributed by atoms with E-state index in [0.717, 1.165) is 4.47 Å². The summed E-state index contributed by atoms with van der Waals surface area (Å²) in [5.74, 6) is -1.24. The van der Waals surface area contributed by atoms with Gasteiger partial charge in [-0.1, -0.05) is 39.3 Å². The molecular weight excluding hydrogens is 459 g/mol. The molecule has 3 aromatic rings. The van der Waals surface area contributed by atoms with Crippen LogP contribution in [-0.4, -0.2) is 41.1 Å². The van der Waals surface area contributed by atoms with Crippen molar-refractivity contribution in [2.24, 2.45) is 0 Å². The van der Waals surface area contributed by atoms with Crippen LogP contribution in [0.5, 0.6) is 5.75 Å². The summed E-state index contributed by atoms with van der Waals surface area (Å²) in [6.07, 6.45) is -0.714. The number of carbonyl (C=O) groups is 2. The second-order valence-corrected chi connectivity index (χ2v) is 7.08. The van der Waals surface area contributed by atoms with Gasteiger partial charge in [0.2, 0.25) is 5.82 Å². The predicted molar refractivity (Wildman–Crippen MR) is 109 cm³/mol. The van der Waals surface area contributed by atoms with Gasteiger partial charge in [-0.25, -0.2) is 4.39 Å². The smallest absolute Gasteiger partial charge is 0.316 e. The lowest BCUT2D eigenvalue weighted by Gasteiger charge is -2.15. The molecule has 156 valence electrons. The van der Waals surface area contributed by atoms with Crippen molar-refractivity contribution in [1.29, 1.82) is 0 Å². The molecule has 1 aromatic heterocycles. The second-order valence-electron chi connectivity index (χ2n) is 6.17. The number of nitrogens with one attached hydrogen (secondary N) is 2. The Kier molecular flexibility index (Phi) is 7.12. The van der Waals surface area contributed by atoms with Crippen molar-refractivity contribution in [3.63, 3.8) is 0 Å². The van der Waals surface area contributed by atoms with Gasteiger partial charge in [0.1, 0.15) is 11.6 Å². The van der Waals surface area contributed by atoms with E-state index in [-0.39, 0.29) is 36.3 Å². The number of nitrogens with zero attached hydrogens (tertiary/aromatic N) is 2. The number of ether oxygens (including phenoxy) is 1. The van der Waals surface area contributed by atoms with E-state index in [4.69, 9.17) is 9.26 Å². The quantitative estimate of drug-likeness (QED) is 0.484. The van der Waals surface area contributed by atoms with Crippen LogP contribution >= 0.6 is 15.9 Å². The van der Waals surface area contributed by atoms with Crippen LogP contribution in [0.1, 0.15) is 17.6 Å². The summed E-state index contributed by atoms with van der Waals surface area (Å²) >= 11 is 3.33. The van der Waals surface area contributed by atoms with Gasteiger partial charge >= 0.3 is 11.8 Å². The number of hydrogen-bond donors (Lipinski definition) is 2. The van der Waals surface area contributed by atoms with Crippen LogP contribution in [0.25, 0.3) is 11.4 Å². The van der Waals surface area contributed by atoms with E-state index in [1.807, 2.05) is 6.07 Å². The van der Waals surface area contributed by atoms with Crippen molar-refractivity contribution in [3.8, 4) is 17.1 Å².